The molecule has 0 aliphatic carbocycles. The van der Waals surface area contributed by atoms with Crippen molar-refractivity contribution in [1.29, 1.82) is 0 Å². The molecule has 9 heteroatoms. The first-order valence-electron chi connectivity index (χ1n) is 10.8. The summed E-state index contributed by atoms with van der Waals surface area (Å²) in [5.74, 6) is 1.84. The van der Waals surface area contributed by atoms with E-state index >= 15 is 0 Å². The lowest BCUT2D eigenvalue weighted by Gasteiger charge is -2.23. The summed E-state index contributed by atoms with van der Waals surface area (Å²) in [5.41, 5.74) is 1.87. The van der Waals surface area contributed by atoms with Crippen LogP contribution in [-0.4, -0.2) is 48.6 Å². The Bertz CT molecular complexity index is 1270. The number of nitrogens with one attached hydrogen (secondary N) is 1. The molecule has 0 radical (unpaired) electrons. The van der Waals surface area contributed by atoms with E-state index in [2.05, 4.69) is 5.32 Å². The van der Waals surface area contributed by atoms with Crippen molar-refractivity contribution in [2.24, 2.45) is 0 Å². The maximum absolute atomic E-state index is 13.0. The summed E-state index contributed by atoms with van der Waals surface area (Å²) in [4.78, 5) is 40.0. The van der Waals surface area contributed by atoms with Crippen LogP contribution in [0.2, 0.25) is 0 Å². The third kappa shape index (κ3) is 4.89. The normalized spacial score (nSPS) is 15.4. The van der Waals surface area contributed by atoms with Crippen molar-refractivity contribution < 1.29 is 23.5 Å². The van der Waals surface area contributed by atoms with Gasteiger partial charge < -0.3 is 24.1 Å². The number of methoxy groups -OCH3 is 2. The summed E-state index contributed by atoms with van der Waals surface area (Å²) in [5, 5.41) is 3.67. The first kappa shape index (κ1) is 23.7. The van der Waals surface area contributed by atoms with E-state index in [-0.39, 0.29) is 24.7 Å². The number of carbonyl (C=O) groups excluding carboxylic acids is 2. The van der Waals surface area contributed by atoms with Gasteiger partial charge in [0.05, 0.1) is 20.1 Å². The smallest absolute Gasteiger partial charge is 0.339 e. The van der Waals surface area contributed by atoms with Gasteiger partial charge in [0.15, 0.2) is 0 Å². The molecule has 1 aromatic heterocycles. The van der Waals surface area contributed by atoms with Crippen LogP contribution in [0.5, 0.6) is 11.5 Å². The van der Waals surface area contributed by atoms with E-state index in [1.165, 1.54) is 11.8 Å². The number of nitrogens with zero attached hydrogens (tertiary/aromatic N) is 1. The van der Waals surface area contributed by atoms with Crippen LogP contribution in [0.15, 0.2) is 51.7 Å². The Morgan fingerprint density at radius 2 is 1.82 bits per heavy atom. The van der Waals surface area contributed by atoms with Crippen LogP contribution >= 0.6 is 11.8 Å². The topological polar surface area (TPSA) is 98.1 Å². The van der Waals surface area contributed by atoms with Crippen LogP contribution in [0.1, 0.15) is 17.5 Å². The zero-order valence-electron chi connectivity index (χ0n) is 19.3. The summed E-state index contributed by atoms with van der Waals surface area (Å²) in [6.07, 6.45) is 0.350. The molecule has 2 aromatic carbocycles. The molecular weight excluding hydrogens is 456 g/mol. The average Bonchev–Trinajstić information content (AvgIpc) is 3.34. The van der Waals surface area contributed by atoms with Gasteiger partial charge in [0.2, 0.25) is 11.8 Å². The molecule has 3 aromatic rings. The second kappa shape index (κ2) is 10.2. The number of benzene rings is 2. The molecule has 0 spiro atoms. The molecule has 1 aliphatic heterocycles. The second-order valence-corrected chi connectivity index (χ2v) is 8.95. The lowest BCUT2D eigenvalue weighted by Crippen LogP contribution is -2.44. The minimum atomic E-state index is -0.568. The van der Waals surface area contributed by atoms with Crippen LogP contribution in [0, 0.1) is 6.92 Å². The zero-order chi connectivity index (χ0) is 24.2. The highest BCUT2D eigenvalue weighted by molar-refractivity contribution is 7.99. The fraction of sp³-hybridized carbons (Fsp3) is 0.320. The predicted molar refractivity (Wildman–Crippen MR) is 132 cm³/mol. The largest absolute Gasteiger partial charge is 0.497 e. The molecule has 178 valence electrons. The van der Waals surface area contributed by atoms with Crippen LogP contribution in [0.3, 0.4) is 0 Å². The average molecular weight is 483 g/mol. The van der Waals surface area contributed by atoms with E-state index in [0.717, 1.165) is 10.9 Å². The SMILES string of the molecule is COc1ccc(NC(=O)C2CSCN2C(=O)CCc2c(C)c3ccc(OC)cc3oc2=O)cc1. The van der Waals surface area contributed by atoms with Crippen molar-refractivity contribution in [3.63, 3.8) is 0 Å². The number of hydrogen-bond donors (Lipinski definition) is 1. The van der Waals surface area contributed by atoms with Gasteiger partial charge in [0, 0.05) is 34.9 Å². The third-order valence-electron chi connectivity index (χ3n) is 5.95. The van der Waals surface area contributed by atoms with Gasteiger partial charge in [-0.05, 0) is 55.3 Å². The lowest BCUT2D eigenvalue weighted by atomic mass is 10.0. The third-order valence-corrected chi connectivity index (χ3v) is 6.96. The molecule has 4 rings (SSSR count). The van der Waals surface area contributed by atoms with Gasteiger partial charge in [-0.1, -0.05) is 0 Å². The van der Waals surface area contributed by atoms with Crippen molar-refractivity contribution in [3.8, 4) is 11.5 Å². The molecular formula is C25H26N2O6S. The van der Waals surface area contributed by atoms with E-state index in [4.69, 9.17) is 13.9 Å². The number of hydrogen-bond acceptors (Lipinski definition) is 7. The Balaban J connectivity index is 1.44. The summed E-state index contributed by atoms with van der Waals surface area (Å²) < 4.78 is 15.8. The molecule has 34 heavy (non-hydrogen) atoms. The Morgan fingerprint density at radius 3 is 2.53 bits per heavy atom. The molecule has 0 saturated carbocycles. The highest BCUT2D eigenvalue weighted by Gasteiger charge is 2.34. The number of thioether (sulfide) groups is 1. The highest BCUT2D eigenvalue weighted by Crippen LogP contribution is 2.26. The first-order chi connectivity index (χ1) is 16.4. The van der Waals surface area contributed by atoms with E-state index in [0.29, 0.717) is 40.0 Å². The van der Waals surface area contributed by atoms with Crippen molar-refractivity contribution in [2.45, 2.75) is 25.8 Å². The number of anilines is 1. The van der Waals surface area contributed by atoms with E-state index in [1.807, 2.05) is 13.0 Å². The molecule has 1 atom stereocenters. The molecule has 0 bridgehead atoms. The second-order valence-electron chi connectivity index (χ2n) is 7.95. The predicted octanol–water partition coefficient (Wildman–Crippen LogP) is 3.59. The van der Waals surface area contributed by atoms with Gasteiger partial charge in [-0.3, -0.25) is 9.59 Å². The Hall–Kier alpha value is -3.46. The van der Waals surface area contributed by atoms with Crippen LogP contribution in [-0.2, 0) is 16.0 Å². The van der Waals surface area contributed by atoms with Gasteiger partial charge in [-0.15, -0.1) is 11.8 Å². The van der Waals surface area contributed by atoms with Gasteiger partial charge in [-0.25, -0.2) is 4.79 Å². The standard InChI is InChI=1S/C25H26N2O6S/c1-15-19-9-8-18(32-3)12-22(19)33-25(30)20(15)10-11-23(28)27-14-34-13-21(27)24(29)26-16-4-6-17(31-2)7-5-16/h4-9,12,21H,10-11,13-14H2,1-3H3,(H,26,29). The molecule has 1 N–H and O–H groups in total. The van der Waals surface area contributed by atoms with Gasteiger partial charge in [-0.2, -0.15) is 0 Å². The monoisotopic (exact) mass is 482 g/mol. The fourth-order valence-corrected chi connectivity index (χ4v) is 5.15. The minimum absolute atomic E-state index is 0.111. The highest BCUT2D eigenvalue weighted by atomic mass is 32.2. The van der Waals surface area contributed by atoms with E-state index in [9.17, 15) is 14.4 Å². The quantitative estimate of drug-likeness (QED) is 0.514. The summed E-state index contributed by atoms with van der Waals surface area (Å²) in [6.45, 7) is 1.85. The number of rotatable bonds is 7. The Kier molecular flexibility index (Phi) is 7.12. The van der Waals surface area contributed by atoms with Gasteiger partial charge >= 0.3 is 5.63 Å². The van der Waals surface area contributed by atoms with Gasteiger partial charge in [0.1, 0.15) is 23.1 Å². The number of carbonyl (C=O) groups is 2. The summed E-state index contributed by atoms with van der Waals surface area (Å²) in [7, 11) is 3.13. The molecule has 1 saturated heterocycles. The summed E-state index contributed by atoms with van der Waals surface area (Å²) in [6, 6.07) is 11.8. The number of amides is 2. The maximum atomic E-state index is 13.0. The molecule has 8 nitrogen and oxygen atoms in total. The van der Waals surface area contributed by atoms with Crippen LogP contribution in [0.25, 0.3) is 11.0 Å². The number of aryl methyl sites for hydroxylation is 1. The molecule has 1 aliphatic rings. The lowest BCUT2D eigenvalue weighted by molar-refractivity contribution is -0.136. The zero-order valence-corrected chi connectivity index (χ0v) is 20.1. The van der Waals surface area contributed by atoms with Crippen LogP contribution < -0.4 is 20.4 Å². The molecule has 1 fully saturated rings. The van der Waals surface area contributed by atoms with E-state index < -0.39 is 11.7 Å². The molecule has 2 heterocycles. The first-order valence-corrected chi connectivity index (χ1v) is 12.0. The Labute approximate surface area is 201 Å². The number of fused-ring (bicyclic) bond motifs is 1. The van der Waals surface area contributed by atoms with Crippen molar-refractivity contribution in [3.05, 3.63) is 64.0 Å². The Morgan fingerprint density at radius 1 is 1.12 bits per heavy atom. The van der Waals surface area contributed by atoms with Crippen molar-refractivity contribution >= 4 is 40.2 Å². The van der Waals surface area contributed by atoms with Gasteiger partial charge in [0.25, 0.3) is 0 Å². The van der Waals surface area contributed by atoms with Crippen LogP contribution in [0.4, 0.5) is 5.69 Å². The summed E-state index contributed by atoms with van der Waals surface area (Å²) >= 11 is 1.53. The molecule has 2 amide bonds. The van der Waals surface area contributed by atoms with Crippen molar-refractivity contribution in [1.82, 2.24) is 4.90 Å². The van der Waals surface area contributed by atoms with Crippen molar-refractivity contribution in [2.75, 3.05) is 31.2 Å². The molecule has 1 unspecified atom stereocenters. The minimum Gasteiger partial charge on any atom is -0.497 e. The maximum Gasteiger partial charge on any atom is 0.339 e. The van der Waals surface area contributed by atoms with E-state index in [1.54, 1.807) is 55.5 Å². The number of ether oxygens (including phenoxy) is 2. The fourth-order valence-electron chi connectivity index (χ4n) is 3.97.